The van der Waals surface area contributed by atoms with E-state index in [1.165, 1.54) is 12.3 Å². The molecule has 3 rings (SSSR count). The fourth-order valence-corrected chi connectivity index (χ4v) is 2.68. The fraction of sp³-hybridized carbons (Fsp3) is 0.188. The molecule has 1 amide bonds. The summed E-state index contributed by atoms with van der Waals surface area (Å²) in [6.45, 7) is 1.61. The van der Waals surface area contributed by atoms with E-state index in [0.717, 1.165) is 23.9 Å². The van der Waals surface area contributed by atoms with Gasteiger partial charge in [0.05, 0.1) is 18.1 Å². The van der Waals surface area contributed by atoms with Gasteiger partial charge >= 0.3 is 0 Å². The zero-order valence-corrected chi connectivity index (χ0v) is 13.8. The minimum Gasteiger partial charge on any atom is -0.459 e. The molecule has 6 nitrogen and oxygen atoms in total. The van der Waals surface area contributed by atoms with Gasteiger partial charge in [-0.3, -0.25) is 4.79 Å². The van der Waals surface area contributed by atoms with E-state index < -0.39 is 17.7 Å². The first-order chi connectivity index (χ1) is 12.0. The molecule has 1 atom stereocenters. The fourth-order valence-electron chi connectivity index (χ4n) is 2.11. The summed E-state index contributed by atoms with van der Waals surface area (Å²) in [7, 11) is 0. The Morgan fingerprint density at radius 1 is 1.32 bits per heavy atom. The number of amides is 1. The van der Waals surface area contributed by atoms with E-state index in [9.17, 15) is 13.6 Å². The molecule has 1 N–H and O–H groups in total. The van der Waals surface area contributed by atoms with Gasteiger partial charge in [-0.15, -0.1) is 10.2 Å². The summed E-state index contributed by atoms with van der Waals surface area (Å²) >= 11 is 1.04. The molecule has 0 aliphatic heterocycles. The first-order valence-corrected chi connectivity index (χ1v) is 8.26. The summed E-state index contributed by atoms with van der Waals surface area (Å²) < 4.78 is 37.1. The van der Waals surface area contributed by atoms with Crippen molar-refractivity contribution in [2.75, 3.05) is 5.75 Å². The van der Waals surface area contributed by atoms with Crippen molar-refractivity contribution in [2.45, 2.75) is 18.2 Å². The van der Waals surface area contributed by atoms with Gasteiger partial charge in [0, 0.05) is 11.6 Å². The summed E-state index contributed by atoms with van der Waals surface area (Å²) in [5.74, 6) is -1.06. The van der Waals surface area contributed by atoms with Crippen LogP contribution in [0.4, 0.5) is 8.78 Å². The Kier molecular flexibility index (Phi) is 5.13. The Bertz CT molecular complexity index is 867. The number of halogens is 2. The van der Waals surface area contributed by atoms with E-state index in [0.29, 0.717) is 5.76 Å². The van der Waals surface area contributed by atoms with Crippen molar-refractivity contribution in [1.29, 1.82) is 0 Å². The Morgan fingerprint density at radius 2 is 2.16 bits per heavy atom. The monoisotopic (exact) mass is 365 g/mol. The molecule has 130 valence electrons. The first-order valence-electron chi connectivity index (χ1n) is 7.27. The summed E-state index contributed by atoms with van der Waals surface area (Å²) in [5, 5.41) is 10.5. The van der Waals surface area contributed by atoms with Crippen LogP contribution < -0.4 is 5.32 Å². The highest BCUT2D eigenvalue weighted by atomic mass is 32.2. The van der Waals surface area contributed by atoms with Crippen LogP contribution in [0.15, 0.2) is 50.7 Å². The maximum Gasteiger partial charge on any atom is 0.284 e. The zero-order valence-electron chi connectivity index (χ0n) is 13.0. The quantitative estimate of drug-likeness (QED) is 0.673. The van der Waals surface area contributed by atoms with Gasteiger partial charge in [-0.25, -0.2) is 8.78 Å². The van der Waals surface area contributed by atoms with Crippen LogP contribution in [0.25, 0.3) is 11.7 Å². The van der Waals surface area contributed by atoms with Crippen molar-refractivity contribution in [1.82, 2.24) is 15.5 Å². The van der Waals surface area contributed by atoms with E-state index in [4.69, 9.17) is 8.83 Å². The highest BCUT2D eigenvalue weighted by molar-refractivity contribution is 7.99. The van der Waals surface area contributed by atoms with Gasteiger partial charge in [0.1, 0.15) is 11.6 Å². The molecule has 3 aromatic rings. The lowest BCUT2D eigenvalue weighted by Gasteiger charge is -2.14. The van der Waals surface area contributed by atoms with Crippen LogP contribution in [-0.2, 0) is 4.79 Å². The molecular formula is C16H13F2N3O3S. The number of carbonyl (C=O) groups is 1. The minimum absolute atomic E-state index is 0.00689. The zero-order chi connectivity index (χ0) is 17.8. The van der Waals surface area contributed by atoms with Gasteiger partial charge in [-0.2, -0.15) is 0 Å². The average molecular weight is 365 g/mol. The van der Waals surface area contributed by atoms with E-state index in [1.807, 2.05) is 0 Å². The third-order valence-corrected chi connectivity index (χ3v) is 4.09. The number of aromatic nitrogens is 2. The van der Waals surface area contributed by atoms with Crippen LogP contribution in [0, 0.1) is 11.6 Å². The Balaban J connectivity index is 1.54. The molecule has 0 aliphatic rings. The second kappa shape index (κ2) is 7.47. The summed E-state index contributed by atoms with van der Waals surface area (Å²) in [6.07, 6.45) is 1.48. The number of benzene rings is 1. The van der Waals surface area contributed by atoms with E-state index in [2.05, 4.69) is 15.5 Å². The molecule has 0 fully saturated rings. The predicted octanol–water partition coefficient (Wildman–Crippen LogP) is 3.58. The van der Waals surface area contributed by atoms with Crippen molar-refractivity contribution in [3.8, 4) is 11.7 Å². The summed E-state index contributed by atoms with van der Waals surface area (Å²) in [4.78, 5) is 12.0. The van der Waals surface area contributed by atoms with Crippen LogP contribution in [0.5, 0.6) is 0 Å². The standard InChI is InChI=1S/C16H13F2N3O3S/c1-9(11-5-4-10(17)7-12(11)18)19-14(22)8-25-16-21-20-15(24-16)13-3-2-6-23-13/h2-7,9H,8H2,1H3,(H,19,22)/t9-/m0/s1. The molecule has 0 saturated heterocycles. The number of furan rings is 1. The second-order valence-electron chi connectivity index (χ2n) is 5.09. The average Bonchev–Trinajstić information content (AvgIpc) is 3.24. The van der Waals surface area contributed by atoms with E-state index in [-0.39, 0.29) is 28.3 Å². The predicted molar refractivity (Wildman–Crippen MR) is 85.6 cm³/mol. The number of nitrogens with one attached hydrogen (secondary N) is 1. The minimum atomic E-state index is -0.708. The third-order valence-electron chi connectivity index (χ3n) is 3.27. The molecule has 9 heteroatoms. The number of hydrogen-bond donors (Lipinski definition) is 1. The van der Waals surface area contributed by atoms with Crippen molar-refractivity contribution >= 4 is 17.7 Å². The smallest absolute Gasteiger partial charge is 0.284 e. The summed E-state index contributed by atoms with van der Waals surface area (Å²) in [5.41, 5.74) is 0.206. The van der Waals surface area contributed by atoms with E-state index in [1.54, 1.807) is 19.1 Å². The van der Waals surface area contributed by atoms with E-state index >= 15 is 0 Å². The highest BCUT2D eigenvalue weighted by Gasteiger charge is 2.16. The Morgan fingerprint density at radius 3 is 2.88 bits per heavy atom. The second-order valence-corrected chi connectivity index (χ2v) is 6.02. The first kappa shape index (κ1) is 17.2. The van der Waals surface area contributed by atoms with Gasteiger partial charge in [0.2, 0.25) is 5.91 Å². The van der Waals surface area contributed by atoms with Gasteiger partial charge in [0.25, 0.3) is 11.1 Å². The molecule has 0 spiro atoms. The molecule has 0 radical (unpaired) electrons. The largest absolute Gasteiger partial charge is 0.459 e. The van der Waals surface area contributed by atoms with Crippen LogP contribution >= 0.6 is 11.8 Å². The number of thioether (sulfide) groups is 1. The number of carbonyl (C=O) groups excluding carboxylic acids is 1. The van der Waals surface area contributed by atoms with Crippen LogP contribution in [0.1, 0.15) is 18.5 Å². The molecule has 1 aromatic carbocycles. The molecule has 0 bridgehead atoms. The van der Waals surface area contributed by atoms with Gasteiger partial charge in [-0.05, 0) is 25.1 Å². The summed E-state index contributed by atoms with van der Waals surface area (Å²) in [6, 6.07) is 5.99. The van der Waals surface area contributed by atoms with Crippen LogP contribution in [0.2, 0.25) is 0 Å². The highest BCUT2D eigenvalue weighted by Crippen LogP contribution is 2.23. The lowest BCUT2D eigenvalue weighted by molar-refractivity contribution is -0.119. The Hall–Kier alpha value is -2.68. The maximum absolute atomic E-state index is 13.7. The maximum atomic E-state index is 13.7. The SMILES string of the molecule is C[C@H](NC(=O)CSc1nnc(-c2ccco2)o1)c1ccc(F)cc1F. The number of rotatable bonds is 6. The van der Waals surface area contributed by atoms with Crippen LogP contribution in [-0.4, -0.2) is 21.9 Å². The molecule has 25 heavy (non-hydrogen) atoms. The molecule has 0 unspecified atom stereocenters. The van der Waals surface area contributed by atoms with Gasteiger partial charge in [0.15, 0.2) is 5.76 Å². The molecule has 2 aromatic heterocycles. The normalized spacial score (nSPS) is 12.1. The van der Waals surface area contributed by atoms with Crippen molar-refractivity contribution in [2.24, 2.45) is 0 Å². The van der Waals surface area contributed by atoms with Crippen molar-refractivity contribution < 1.29 is 22.4 Å². The molecule has 0 saturated carbocycles. The molecular weight excluding hydrogens is 352 g/mol. The number of nitrogens with zero attached hydrogens (tertiary/aromatic N) is 2. The van der Waals surface area contributed by atoms with Crippen molar-refractivity contribution in [3.63, 3.8) is 0 Å². The topological polar surface area (TPSA) is 81.2 Å². The number of hydrogen-bond acceptors (Lipinski definition) is 6. The van der Waals surface area contributed by atoms with Crippen molar-refractivity contribution in [3.05, 3.63) is 53.8 Å². The lowest BCUT2D eigenvalue weighted by atomic mass is 10.1. The van der Waals surface area contributed by atoms with Gasteiger partial charge < -0.3 is 14.2 Å². The third kappa shape index (κ3) is 4.24. The molecule has 2 heterocycles. The molecule has 0 aliphatic carbocycles. The van der Waals surface area contributed by atoms with Crippen LogP contribution in [0.3, 0.4) is 0 Å². The Labute approximate surface area is 145 Å². The lowest BCUT2D eigenvalue weighted by Crippen LogP contribution is -2.28. The van der Waals surface area contributed by atoms with Gasteiger partial charge in [-0.1, -0.05) is 17.8 Å².